The summed E-state index contributed by atoms with van der Waals surface area (Å²) in [5.41, 5.74) is 0.889. The van der Waals surface area contributed by atoms with Gasteiger partial charge in [-0.15, -0.1) is 0 Å². The van der Waals surface area contributed by atoms with Gasteiger partial charge in [0.05, 0.1) is 6.04 Å². The highest BCUT2D eigenvalue weighted by Gasteiger charge is 2.24. The number of amides is 1. The fourth-order valence-corrected chi connectivity index (χ4v) is 3.57. The van der Waals surface area contributed by atoms with Gasteiger partial charge in [-0.25, -0.2) is 0 Å². The lowest BCUT2D eigenvalue weighted by Crippen LogP contribution is -2.34. The fourth-order valence-electron chi connectivity index (χ4n) is 3.57. The van der Waals surface area contributed by atoms with Crippen LogP contribution in [0.25, 0.3) is 11.0 Å². The van der Waals surface area contributed by atoms with Crippen LogP contribution in [0.15, 0.2) is 34.7 Å². The Kier molecular flexibility index (Phi) is 5.56. The first kappa shape index (κ1) is 17.0. The van der Waals surface area contributed by atoms with Crippen molar-refractivity contribution in [2.45, 2.75) is 45.6 Å². The smallest absolute Gasteiger partial charge is 0.223 e. The molecule has 1 aromatic heterocycles. The van der Waals surface area contributed by atoms with Gasteiger partial charge in [0.2, 0.25) is 5.91 Å². The molecule has 1 fully saturated rings. The zero-order valence-electron chi connectivity index (χ0n) is 14.8. The van der Waals surface area contributed by atoms with Gasteiger partial charge >= 0.3 is 0 Å². The molecule has 4 heteroatoms. The number of fused-ring (bicyclic) bond motifs is 1. The van der Waals surface area contributed by atoms with Crippen LogP contribution in [0.1, 0.15) is 51.3 Å². The lowest BCUT2D eigenvalue weighted by molar-refractivity contribution is -0.134. The van der Waals surface area contributed by atoms with E-state index in [0.717, 1.165) is 49.2 Å². The van der Waals surface area contributed by atoms with Gasteiger partial charge in [-0.3, -0.25) is 4.79 Å². The van der Waals surface area contributed by atoms with E-state index in [2.05, 4.69) is 25.2 Å². The number of nitrogens with zero attached hydrogens (tertiary/aromatic N) is 1. The van der Waals surface area contributed by atoms with Gasteiger partial charge in [0.25, 0.3) is 0 Å². The molecule has 0 bridgehead atoms. The number of carbonyl (C=O) groups excluding carboxylic acids is 1. The van der Waals surface area contributed by atoms with Crippen LogP contribution in [-0.4, -0.2) is 30.4 Å². The van der Waals surface area contributed by atoms with Crippen molar-refractivity contribution in [3.8, 4) is 0 Å². The summed E-state index contributed by atoms with van der Waals surface area (Å²) < 4.78 is 5.98. The van der Waals surface area contributed by atoms with E-state index in [-0.39, 0.29) is 11.9 Å². The normalized spacial score (nSPS) is 18.8. The first-order valence-electron chi connectivity index (χ1n) is 9.17. The van der Waals surface area contributed by atoms with E-state index in [1.807, 2.05) is 29.2 Å². The molecule has 2 aromatic rings. The van der Waals surface area contributed by atoms with Crippen molar-refractivity contribution in [2.24, 2.45) is 5.92 Å². The third kappa shape index (κ3) is 3.81. The van der Waals surface area contributed by atoms with E-state index in [4.69, 9.17) is 4.42 Å². The van der Waals surface area contributed by atoms with Crippen molar-refractivity contribution in [3.63, 3.8) is 0 Å². The Bertz CT molecular complexity index is 640. The number of benzene rings is 1. The van der Waals surface area contributed by atoms with Crippen LogP contribution >= 0.6 is 0 Å². The topological polar surface area (TPSA) is 45.5 Å². The van der Waals surface area contributed by atoms with E-state index >= 15 is 0 Å². The summed E-state index contributed by atoms with van der Waals surface area (Å²) in [6.07, 6.45) is 3.78. The second-order valence-corrected chi connectivity index (χ2v) is 6.85. The molecule has 3 rings (SSSR count). The first-order chi connectivity index (χ1) is 11.7. The maximum absolute atomic E-state index is 12.8. The van der Waals surface area contributed by atoms with Crippen LogP contribution < -0.4 is 5.32 Å². The van der Waals surface area contributed by atoms with Crippen molar-refractivity contribution in [3.05, 3.63) is 36.1 Å². The van der Waals surface area contributed by atoms with Crippen molar-refractivity contribution in [1.29, 1.82) is 0 Å². The summed E-state index contributed by atoms with van der Waals surface area (Å²) in [6, 6.07) is 10.1. The number of furan rings is 1. The molecule has 1 aliphatic rings. The van der Waals surface area contributed by atoms with Crippen LogP contribution in [0.2, 0.25) is 0 Å². The summed E-state index contributed by atoms with van der Waals surface area (Å²) in [4.78, 5) is 14.8. The highest BCUT2D eigenvalue weighted by molar-refractivity contribution is 5.79. The lowest BCUT2D eigenvalue weighted by atomic mass is 10.0. The Morgan fingerprint density at radius 2 is 2.25 bits per heavy atom. The minimum atomic E-state index is -0.0217. The molecule has 2 heterocycles. The van der Waals surface area contributed by atoms with E-state index in [1.165, 1.54) is 6.42 Å². The molecular formula is C20H28N2O2. The average Bonchev–Trinajstić information content (AvgIpc) is 3.25. The molecule has 1 saturated heterocycles. The highest BCUT2D eigenvalue weighted by atomic mass is 16.3. The Balaban J connectivity index is 1.69. The molecule has 2 unspecified atom stereocenters. The molecular weight excluding hydrogens is 300 g/mol. The fraction of sp³-hybridized carbons (Fsp3) is 0.550. The molecule has 0 spiro atoms. The summed E-state index contributed by atoms with van der Waals surface area (Å²) >= 11 is 0. The van der Waals surface area contributed by atoms with Crippen molar-refractivity contribution >= 4 is 16.9 Å². The van der Waals surface area contributed by atoms with Crippen LogP contribution in [0.4, 0.5) is 0 Å². The van der Waals surface area contributed by atoms with Crippen LogP contribution in [0.5, 0.6) is 0 Å². The molecule has 0 saturated carbocycles. The second kappa shape index (κ2) is 7.84. The predicted molar refractivity (Wildman–Crippen MR) is 96.8 cm³/mol. The molecule has 4 nitrogen and oxygen atoms in total. The Hall–Kier alpha value is -1.81. The van der Waals surface area contributed by atoms with Crippen molar-refractivity contribution in [1.82, 2.24) is 10.2 Å². The third-order valence-electron chi connectivity index (χ3n) is 5.04. The van der Waals surface area contributed by atoms with E-state index in [1.54, 1.807) is 0 Å². The van der Waals surface area contributed by atoms with Crippen LogP contribution in [0.3, 0.4) is 0 Å². The summed E-state index contributed by atoms with van der Waals surface area (Å²) in [6.45, 7) is 7.11. The van der Waals surface area contributed by atoms with Crippen molar-refractivity contribution < 1.29 is 9.21 Å². The third-order valence-corrected chi connectivity index (χ3v) is 5.04. The second-order valence-electron chi connectivity index (χ2n) is 6.85. The Labute approximate surface area is 144 Å². The zero-order chi connectivity index (χ0) is 16.9. The number of carbonyl (C=O) groups is 1. The molecule has 1 aliphatic heterocycles. The number of nitrogens with one attached hydrogen (secondary N) is 1. The maximum Gasteiger partial charge on any atom is 0.223 e. The van der Waals surface area contributed by atoms with Crippen molar-refractivity contribution in [2.75, 3.05) is 19.6 Å². The van der Waals surface area contributed by atoms with E-state index in [0.29, 0.717) is 12.3 Å². The molecule has 1 N–H and O–H groups in total. The van der Waals surface area contributed by atoms with E-state index < -0.39 is 0 Å². The number of para-hydroxylation sites is 1. The number of rotatable bonds is 7. The molecule has 130 valence electrons. The van der Waals surface area contributed by atoms with Crippen LogP contribution in [0, 0.1) is 5.92 Å². The molecule has 1 aromatic carbocycles. The van der Waals surface area contributed by atoms with Gasteiger partial charge in [0.15, 0.2) is 0 Å². The van der Waals surface area contributed by atoms with Gasteiger partial charge in [-0.2, -0.15) is 0 Å². The molecule has 0 radical (unpaired) electrons. The van der Waals surface area contributed by atoms with Gasteiger partial charge < -0.3 is 14.6 Å². The molecule has 24 heavy (non-hydrogen) atoms. The SMILES string of the molecule is CCCN(C(=O)CCC1CCNC1)C(C)c1cc2ccccc2o1. The monoisotopic (exact) mass is 328 g/mol. The van der Waals surface area contributed by atoms with E-state index in [9.17, 15) is 4.79 Å². The number of hydrogen-bond donors (Lipinski definition) is 1. The zero-order valence-corrected chi connectivity index (χ0v) is 14.8. The summed E-state index contributed by atoms with van der Waals surface area (Å²) in [5, 5.41) is 4.47. The predicted octanol–water partition coefficient (Wildman–Crippen LogP) is 4.12. The number of hydrogen-bond acceptors (Lipinski definition) is 3. The molecule has 0 aliphatic carbocycles. The Morgan fingerprint density at radius 3 is 2.96 bits per heavy atom. The minimum Gasteiger partial charge on any atom is -0.459 e. The summed E-state index contributed by atoms with van der Waals surface area (Å²) in [7, 11) is 0. The highest BCUT2D eigenvalue weighted by Crippen LogP contribution is 2.28. The van der Waals surface area contributed by atoms with Gasteiger partial charge in [0, 0.05) is 18.4 Å². The maximum atomic E-state index is 12.8. The lowest BCUT2D eigenvalue weighted by Gasteiger charge is -2.28. The first-order valence-corrected chi connectivity index (χ1v) is 9.17. The van der Waals surface area contributed by atoms with Gasteiger partial charge in [-0.1, -0.05) is 25.1 Å². The standard InChI is InChI=1S/C20H28N2O2/c1-3-12-22(20(23)9-8-16-10-11-21-14-16)15(2)19-13-17-6-4-5-7-18(17)24-19/h4-7,13,15-16,21H,3,8-12,14H2,1-2H3. The Morgan fingerprint density at radius 1 is 1.42 bits per heavy atom. The quantitative estimate of drug-likeness (QED) is 0.831. The summed E-state index contributed by atoms with van der Waals surface area (Å²) in [5.74, 6) is 1.77. The average molecular weight is 328 g/mol. The van der Waals surface area contributed by atoms with Gasteiger partial charge in [-0.05, 0) is 57.3 Å². The molecule has 2 atom stereocenters. The molecule has 1 amide bonds. The largest absolute Gasteiger partial charge is 0.459 e. The minimum absolute atomic E-state index is 0.0217. The van der Waals surface area contributed by atoms with Gasteiger partial charge in [0.1, 0.15) is 11.3 Å². The van der Waals surface area contributed by atoms with Crippen LogP contribution in [-0.2, 0) is 4.79 Å².